The Bertz CT molecular complexity index is 585. The number of fused-ring (bicyclic) bond motifs is 1. The molecule has 1 aromatic carbocycles. The van der Waals surface area contributed by atoms with Crippen molar-refractivity contribution in [1.29, 1.82) is 0 Å². The van der Waals surface area contributed by atoms with Gasteiger partial charge in [-0.1, -0.05) is 18.2 Å². The minimum Gasteiger partial charge on any atom is -0.392 e. The van der Waals surface area contributed by atoms with Gasteiger partial charge in [0.1, 0.15) is 5.82 Å². The summed E-state index contributed by atoms with van der Waals surface area (Å²) < 4.78 is 0. The molecule has 1 aliphatic heterocycles. The average Bonchev–Trinajstić information content (AvgIpc) is 2.83. The lowest BCUT2D eigenvalue weighted by molar-refractivity contribution is 0.175. The molecule has 0 spiro atoms. The van der Waals surface area contributed by atoms with Crippen molar-refractivity contribution >= 4 is 16.7 Å². The van der Waals surface area contributed by atoms with Crippen LogP contribution in [0.1, 0.15) is 12.0 Å². The Morgan fingerprint density at radius 1 is 1.42 bits per heavy atom. The molecule has 0 aliphatic carbocycles. The maximum Gasteiger partial charge on any atom is 0.130 e. The predicted octanol–water partition coefficient (Wildman–Crippen LogP) is 1.84. The fourth-order valence-corrected chi connectivity index (χ4v) is 2.69. The highest BCUT2D eigenvalue weighted by atomic mass is 16.3. The summed E-state index contributed by atoms with van der Waals surface area (Å²) in [5, 5.41) is 13.9. The van der Waals surface area contributed by atoms with Gasteiger partial charge in [0.05, 0.1) is 11.6 Å². The molecule has 100 valence electrons. The third-order valence-corrected chi connectivity index (χ3v) is 3.68. The van der Waals surface area contributed by atoms with Crippen LogP contribution in [0.15, 0.2) is 30.3 Å². The predicted molar refractivity (Wildman–Crippen MR) is 77.2 cm³/mol. The Labute approximate surface area is 113 Å². The molecule has 2 aromatic rings. The summed E-state index contributed by atoms with van der Waals surface area (Å²) >= 11 is 0. The monoisotopic (exact) mass is 257 g/mol. The van der Waals surface area contributed by atoms with Crippen LogP contribution < -0.4 is 5.32 Å². The maximum absolute atomic E-state index is 9.60. The van der Waals surface area contributed by atoms with Gasteiger partial charge >= 0.3 is 0 Å². The van der Waals surface area contributed by atoms with Gasteiger partial charge in [-0.3, -0.25) is 4.90 Å². The zero-order valence-electron chi connectivity index (χ0n) is 11.1. The first-order valence-corrected chi connectivity index (χ1v) is 6.73. The Morgan fingerprint density at radius 3 is 3.00 bits per heavy atom. The topological polar surface area (TPSA) is 48.4 Å². The van der Waals surface area contributed by atoms with Crippen molar-refractivity contribution in [2.24, 2.45) is 0 Å². The number of benzene rings is 1. The van der Waals surface area contributed by atoms with Crippen molar-refractivity contribution in [3.05, 3.63) is 35.9 Å². The van der Waals surface area contributed by atoms with Gasteiger partial charge in [0.2, 0.25) is 0 Å². The first kappa shape index (κ1) is 12.4. The molecule has 2 N–H and O–H groups in total. The van der Waals surface area contributed by atoms with Gasteiger partial charge < -0.3 is 10.4 Å². The molecule has 1 atom stereocenters. The summed E-state index contributed by atoms with van der Waals surface area (Å²) in [4.78, 5) is 6.93. The lowest BCUT2D eigenvalue weighted by Crippen LogP contribution is -2.22. The number of nitrogens with one attached hydrogen (secondary N) is 1. The average molecular weight is 257 g/mol. The fourth-order valence-electron chi connectivity index (χ4n) is 2.69. The number of aromatic nitrogens is 1. The van der Waals surface area contributed by atoms with E-state index in [-0.39, 0.29) is 6.10 Å². The molecular formula is C15H19N3O. The second kappa shape index (κ2) is 5.15. The van der Waals surface area contributed by atoms with Crippen molar-refractivity contribution in [2.45, 2.75) is 19.1 Å². The van der Waals surface area contributed by atoms with E-state index in [0.717, 1.165) is 42.8 Å². The Hall–Kier alpha value is -1.65. The molecular weight excluding hydrogens is 238 g/mol. The van der Waals surface area contributed by atoms with Crippen LogP contribution in [-0.4, -0.2) is 41.2 Å². The van der Waals surface area contributed by atoms with E-state index in [4.69, 9.17) is 0 Å². The number of likely N-dealkylation sites (tertiary alicyclic amines) is 1. The summed E-state index contributed by atoms with van der Waals surface area (Å²) in [5.74, 6) is 0.931. The van der Waals surface area contributed by atoms with Crippen LogP contribution >= 0.6 is 0 Å². The highest BCUT2D eigenvalue weighted by Gasteiger charge is 2.21. The number of aliphatic hydroxyl groups excluding tert-OH is 1. The number of aliphatic hydroxyl groups is 1. The number of nitrogens with zero attached hydrogens (tertiary/aromatic N) is 2. The van der Waals surface area contributed by atoms with Crippen LogP contribution in [0.5, 0.6) is 0 Å². The summed E-state index contributed by atoms with van der Waals surface area (Å²) in [6.45, 7) is 2.55. The molecule has 1 unspecified atom stereocenters. The van der Waals surface area contributed by atoms with Crippen molar-refractivity contribution in [3.8, 4) is 0 Å². The smallest absolute Gasteiger partial charge is 0.130 e. The molecule has 4 heteroatoms. The first-order chi connectivity index (χ1) is 9.26. The number of pyridine rings is 1. The van der Waals surface area contributed by atoms with E-state index in [1.165, 1.54) is 5.56 Å². The van der Waals surface area contributed by atoms with Gasteiger partial charge in [0, 0.05) is 37.6 Å². The van der Waals surface area contributed by atoms with Crippen LogP contribution in [0, 0.1) is 0 Å². The van der Waals surface area contributed by atoms with E-state index in [1.54, 1.807) is 0 Å². The van der Waals surface area contributed by atoms with Crippen LogP contribution in [0.25, 0.3) is 10.9 Å². The summed E-state index contributed by atoms with van der Waals surface area (Å²) in [6.07, 6.45) is 0.696. The van der Waals surface area contributed by atoms with Crippen molar-refractivity contribution < 1.29 is 5.11 Å². The van der Waals surface area contributed by atoms with Crippen molar-refractivity contribution in [3.63, 3.8) is 0 Å². The van der Waals surface area contributed by atoms with Gasteiger partial charge in [0.15, 0.2) is 0 Å². The minimum atomic E-state index is -0.175. The van der Waals surface area contributed by atoms with Gasteiger partial charge in [0.25, 0.3) is 0 Å². The molecule has 19 heavy (non-hydrogen) atoms. The van der Waals surface area contributed by atoms with Crippen LogP contribution in [0.2, 0.25) is 0 Å². The molecule has 0 radical (unpaired) electrons. The standard InChI is InChI=1S/C15H19N3O/c1-16-15-12(9-18-7-6-13(19)10-18)8-11-4-2-3-5-14(11)17-15/h2-5,8,13,19H,6-7,9-10H2,1H3,(H,16,17). The molecule has 3 rings (SSSR count). The van der Waals surface area contributed by atoms with Gasteiger partial charge in [-0.25, -0.2) is 4.98 Å². The Morgan fingerprint density at radius 2 is 2.26 bits per heavy atom. The molecule has 1 aliphatic rings. The third kappa shape index (κ3) is 2.55. The van der Waals surface area contributed by atoms with E-state index in [9.17, 15) is 5.11 Å². The van der Waals surface area contributed by atoms with Gasteiger partial charge in [-0.15, -0.1) is 0 Å². The van der Waals surface area contributed by atoms with Crippen molar-refractivity contribution in [1.82, 2.24) is 9.88 Å². The molecule has 1 saturated heterocycles. The number of rotatable bonds is 3. The summed E-state index contributed by atoms with van der Waals surface area (Å²) in [5.41, 5.74) is 2.20. The second-order valence-corrected chi connectivity index (χ2v) is 5.12. The highest BCUT2D eigenvalue weighted by Crippen LogP contribution is 2.23. The number of β-amino-alcohol motifs (C(OH)–C–C–N with tert-alkyl or cyclic N) is 1. The van der Waals surface area contributed by atoms with Gasteiger partial charge in [-0.05, 0) is 18.6 Å². The molecule has 0 saturated carbocycles. The van der Waals surface area contributed by atoms with Crippen LogP contribution in [0.3, 0.4) is 0 Å². The molecule has 2 heterocycles. The maximum atomic E-state index is 9.60. The minimum absolute atomic E-state index is 0.175. The lowest BCUT2D eigenvalue weighted by Gasteiger charge is -2.17. The van der Waals surface area contributed by atoms with E-state index in [0.29, 0.717) is 0 Å². The number of para-hydroxylation sites is 1. The number of anilines is 1. The normalized spacial score (nSPS) is 20.0. The van der Waals surface area contributed by atoms with Gasteiger partial charge in [-0.2, -0.15) is 0 Å². The fraction of sp³-hybridized carbons (Fsp3) is 0.400. The van der Waals surface area contributed by atoms with Crippen LogP contribution in [0.4, 0.5) is 5.82 Å². The molecule has 1 fully saturated rings. The largest absolute Gasteiger partial charge is 0.392 e. The summed E-state index contributed by atoms with van der Waals surface area (Å²) in [6, 6.07) is 10.3. The molecule has 1 aromatic heterocycles. The first-order valence-electron chi connectivity index (χ1n) is 6.73. The number of hydrogen-bond donors (Lipinski definition) is 2. The Kier molecular flexibility index (Phi) is 3.36. The van der Waals surface area contributed by atoms with Crippen molar-refractivity contribution in [2.75, 3.05) is 25.5 Å². The quantitative estimate of drug-likeness (QED) is 0.881. The summed E-state index contributed by atoms with van der Waals surface area (Å²) in [7, 11) is 1.90. The highest BCUT2D eigenvalue weighted by molar-refractivity contribution is 5.81. The lowest BCUT2D eigenvalue weighted by atomic mass is 10.1. The number of hydrogen-bond acceptors (Lipinski definition) is 4. The zero-order chi connectivity index (χ0) is 13.2. The molecule has 4 nitrogen and oxygen atoms in total. The van der Waals surface area contributed by atoms with E-state index in [2.05, 4.69) is 27.3 Å². The SMILES string of the molecule is CNc1nc2ccccc2cc1CN1CCC(O)C1. The molecule has 0 amide bonds. The molecule has 0 bridgehead atoms. The third-order valence-electron chi connectivity index (χ3n) is 3.68. The van der Waals surface area contributed by atoms with E-state index in [1.807, 2.05) is 25.2 Å². The zero-order valence-corrected chi connectivity index (χ0v) is 11.1. The van der Waals surface area contributed by atoms with E-state index < -0.39 is 0 Å². The Balaban J connectivity index is 1.92. The van der Waals surface area contributed by atoms with Crippen LogP contribution in [-0.2, 0) is 6.54 Å². The second-order valence-electron chi connectivity index (χ2n) is 5.12. The van der Waals surface area contributed by atoms with E-state index >= 15 is 0 Å².